The molecule has 0 atom stereocenters. The van der Waals surface area contributed by atoms with Gasteiger partial charge in [-0.15, -0.1) is 0 Å². The van der Waals surface area contributed by atoms with E-state index in [0.717, 1.165) is 5.39 Å². The van der Waals surface area contributed by atoms with Crippen molar-refractivity contribution in [1.29, 1.82) is 0 Å². The molecule has 0 saturated heterocycles. The SMILES string of the molecule is COCCOc1cc2ccccc2oc1=O. The second-order valence-electron chi connectivity index (χ2n) is 3.28. The Hall–Kier alpha value is -1.81. The fourth-order valence-corrected chi connectivity index (χ4v) is 1.38. The number of methoxy groups -OCH3 is 1. The molecule has 0 bridgehead atoms. The Kier molecular flexibility index (Phi) is 3.22. The van der Waals surface area contributed by atoms with Gasteiger partial charge in [0.1, 0.15) is 12.2 Å². The maximum Gasteiger partial charge on any atom is 0.379 e. The van der Waals surface area contributed by atoms with Gasteiger partial charge in [0.15, 0.2) is 0 Å². The predicted molar refractivity (Wildman–Crippen MR) is 59.9 cm³/mol. The highest BCUT2D eigenvalue weighted by Crippen LogP contribution is 2.16. The first kappa shape index (κ1) is 10.7. The lowest BCUT2D eigenvalue weighted by atomic mass is 10.2. The molecule has 0 unspecified atom stereocenters. The highest BCUT2D eigenvalue weighted by atomic mass is 16.5. The third-order valence-electron chi connectivity index (χ3n) is 2.15. The van der Waals surface area contributed by atoms with Crippen LogP contribution in [0.3, 0.4) is 0 Å². The van der Waals surface area contributed by atoms with E-state index in [1.165, 1.54) is 0 Å². The minimum atomic E-state index is -0.463. The second kappa shape index (κ2) is 4.81. The summed E-state index contributed by atoms with van der Waals surface area (Å²) in [5.41, 5.74) is 0.0985. The Morgan fingerprint density at radius 1 is 1.25 bits per heavy atom. The third kappa shape index (κ3) is 2.23. The first-order valence-electron chi connectivity index (χ1n) is 4.96. The van der Waals surface area contributed by atoms with Crippen molar-refractivity contribution in [2.75, 3.05) is 20.3 Å². The van der Waals surface area contributed by atoms with Gasteiger partial charge in [-0.1, -0.05) is 18.2 Å². The highest BCUT2D eigenvalue weighted by Gasteiger charge is 2.05. The molecule has 0 aliphatic heterocycles. The zero-order chi connectivity index (χ0) is 11.4. The van der Waals surface area contributed by atoms with Crippen LogP contribution in [0.1, 0.15) is 0 Å². The Morgan fingerprint density at radius 2 is 2.06 bits per heavy atom. The van der Waals surface area contributed by atoms with E-state index in [1.54, 1.807) is 19.2 Å². The highest BCUT2D eigenvalue weighted by molar-refractivity contribution is 5.77. The van der Waals surface area contributed by atoms with Crippen LogP contribution in [0.4, 0.5) is 0 Å². The third-order valence-corrected chi connectivity index (χ3v) is 2.15. The van der Waals surface area contributed by atoms with E-state index in [2.05, 4.69) is 0 Å². The van der Waals surface area contributed by atoms with Gasteiger partial charge in [-0.2, -0.15) is 0 Å². The van der Waals surface area contributed by atoms with Crippen LogP contribution in [0.2, 0.25) is 0 Å². The Balaban J connectivity index is 2.31. The maximum atomic E-state index is 11.5. The summed E-state index contributed by atoms with van der Waals surface area (Å²) in [5, 5.41) is 0.842. The molecular formula is C12H12O4. The van der Waals surface area contributed by atoms with Gasteiger partial charge in [-0.3, -0.25) is 0 Å². The zero-order valence-electron chi connectivity index (χ0n) is 8.93. The molecule has 0 amide bonds. The summed E-state index contributed by atoms with van der Waals surface area (Å²) in [5.74, 6) is 0.218. The van der Waals surface area contributed by atoms with Crippen LogP contribution in [-0.4, -0.2) is 20.3 Å². The van der Waals surface area contributed by atoms with E-state index in [0.29, 0.717) is 18.8 Å². The molecule has 0 radical (unpaired) electrons. The lowest BCUT2D eigenvalue weighted by Crippen LogP contribution is -2.11. The van der Waals surface area contributed by atoms with Gasteiger partial charge < -0.3 is 13.9 Å². The van der Waals surface area contributed by atoms with Crippen LogP contribution in [0, 0.1) is 0 Å². The molecule has 1 aromatic heterocycles. The summed E-state index contributed by atoms with van der Waals surface area (Å²) < 4.78 is 15.2. The first-order chi connectivity index (χ1) is 7.81. The van der Waals surface area contributed by atoms with E-state index >= 15 is 0 Å². The zero-order valence-corrected chi connectivity index (χ0v) is 8.93. The van der Waals surface area contributed by atoms with Crippen molar-refractivity contribution in [3.63, 3.8) is 0 Å². The first-order valence-corrected chi connectivity index (χ1v) is 4.96. The number of hydrogen-bond acceptors (Lipinski definition) is 4. The summed E-state index contributed by atoms with van der Waals surface area (Å²) in [6.07, 6.45) is 0. The van der Waals surface area contributed by atoms with E-state index in [1.807, 2.05) is 18.2 Å². The van der Waals surface area contributed by atoms with Gasteiger partial charge in [-0.05, 0) is 12.1 Å². The molecule has 0 fully saturated rings. The molecule has 0 spiro atoms. The van der Waals surface area contributed by atoms with Gasteiger partial charge >= 0.3 is 5.63 Å². The number of benzene rings is 1. The van der Waals surface area contributed by atoms with Gasteiger partial charge in [0, 0.05) is 12.5 Å². The minimum absolute atomic E-state index is 0.218. The summed E-state index contributed by atoms with van der Waals surface area (Å²) in [6, 6.07) is 8.98. The molecule has 0 aliphatic carbocycles. The molecule has 0 N–H and O–H groups in total. The number of hydrogen-bond donors (Lipinski definition) is 0. The molecule has 4 nitrogen and oxygen atoms in total. The normalized spacial score (nSPS) is 10.6. The number of para-hydroxylation sites is 1. The minimum Gasteiger partial charge on any atom is -0.484 e. The molecule has 2 aromatic rings. The summed E-state index contributed by atoms with van der Waals surface area (Å²) >= 11 is 0. The average molecular weight is 220 g/mol. The van der Waals surface area contributed by atoms with E-state index < -0.39 is 5.63 Å². The Bertz CT molecular complexity index is 530. The van der Waals surface area contributed by atoms with E-state index in [-0.39, 0.29) is 5.75 Å². The van der Waals surface area contributed by atoms with Crippen LogP contribution >= 0.6 is 0 Å². The molecule has 16 heavy (non-hydrogen) atoms. The van der Waals surface area contributed by atoms with Crippen molar-refractivity contribution in [2.24, 2.45) is 0 Å². The summed E-state index contributed by atoms with van der Waals surface area (Å²) in [4.78, 5) is 11.5. The van der Waals surface area contributed by atoms with E-state index in [9.17, 15) is 4.79 Å². The number of ether oxygens (including phenoxy) is 2. The van der Waals surface area contributed by atoms with Gasteiger partial charge in [-0.25, -0.2) is 4.79 Å². The quantitative estimate of drug-likeness (QED) is 0.582. The van der Waals surface area contributed by atoms with Gasteiger partial charge in [0.05, 0.1) is 6.61 Å². The topological polar surface area (TPSA) is 48.7 Å². The fourth-order valence-electron chi connectivity index (χ4n) is 1.38. The summed E-state index contributed by atoms with van der Waals surface area (Å²) in [7, 11) is 1.58. The van der Waals surface area contributed by atoms with Crippen molar-refractivity contribution < 1.29 is 13.9 Å². The molecule has 0 aliphatic rings. The maximum absolute atomic E-state index is 11.5. The molecule has 84 valence electrons. The van der Waals surface area contributed by atoms with Crippen LogP contribution < -0.4 is 10.4 Å². The standard InChI is InChI=1S/C12H12O4/c1-14-6-7-15-11-8-9-4-2-3-5-10(9)16-12(11)13/h2-5,8H,6-7H2,1H3. The van der Waals surface area contributed by atoms with Crippen molar-refractivity contribution in [1.82, 2.24) is 0 Å². The molecule has 1 aromatic carbocycles. The lowest BCUT2D eigenvalue weighted by Gasteiger charge is -2.04. The Labute approximate surface area is 92.4 Å². The molecule has 2 rings (SSSR count). The predicted octanol–water partition coefficient (Wildman–Crippen LogP) is 1.82. The smallest absolute Gasteiger partial charge is 0.379 e. The largest absolute Gasteiger partial charge is 0.484 e. The lowest BCUT2D eigenvalue weighted by molar-refractivity contribution is 0.144. The number of rotatable bonds is 4. The number of fused-ring (bicyclic) bond motifs is 1. The molecular weight excluding hydrogens is 208 g/mol. The van der Waals surface area contributed by atoms with Gasteiger partial charge in [0.2, 0.25) is 5.75 Å². The van der Waals surface area contributed by atoms with Crippen LogP contribution in [-0.2, 0) is 4.74 Å². The van der Waals surface area contributed by atoms with Crippen molar-refractivity contribution in [2.45, 2.75) is 0 Å². The molecule has 1 heterocycles. The van der Waals surface area contributed by atoms with Gasteiger partial charge in [0.25, 0.3) is 0 Å². The second-order valence-corrected chi connectivity index (χ2v) is 3.28. The monoisotopic (exact) mass is 220 g/mol. The fraction of sp³-hybridized carbons (Fsp3) is 0.250. The van der Waals surface area contributed by atoms with E-state index in [4.69, 9.17) is 13.9 Å². The summed E-state index contributed by atoms with van der Waals surface area (Å²) in [6.45, 7) is 0.770. The Morgan fingerprint density at radius 3 is 2.88 bits per heavy atom. The average Bonchev–Trinajstić information content (AvgIpc) is 2.30. The van der Waals surface area contributed by atoms with Crippen molar-refractivity contribution in [3.05, 3.63) is 40.8 Å². The van der Waals surface area contributed by atoms with Crippen LogP contribution in [0.25, 0.3) is 11.0 Å². The van der Waals surface area contributed by atoms with Crippen LogP contribution in [0.5, 0.6) is 5.75 Å². The molecule has 0 saturated carbocycles. The van der Waals surface area contributed by atoms with Crippen LogP contribution in [0.15, 0.2) is 39.5 Å². The molecule has 4 heteroatoms. The van der Waals surface area contributed by atoms with Crippen molar-refractivity contribution >= 4 is 11.0 Å². The van der Waals surface area contributed by atoms with Crippen molar-refractivity contribution in [3.8, 4) is 5.75 Å².